The quantitative estimate of drug-likeness (QED) is 0.868. The van der Waals surface area contributed by atoms with Gasteiger partial charge in [-0.25, -0.2) is 4.68 Å². The van der Waals surface area contributed by atoms with Crippen LogP contribution < -0.4 is 10.6 Å². The molecule has 2 aromatic rings. The van der Waals surface area contributed by atoms with Crippen molar-refractivity contribution in [2.24, 2.45) is 0 Å². The highest BCUT2D eigenvalue weighted by Crippen LogP contribution is 2.30. The highest BCUT2D eigenvalue weighted by molar-refractivity contribution is 5.94. The average molecular weight is 375 g/mol. The van der Waals surface area contributed by atoms with E-state index in [9.17, 15) is 18.0 Å². The lowest BCUT2D eigenvalue weighted by Gasteiger charge is -2.23. The summed E-state index contributed by atoms with van der Waals surface area (Å²) >= 11 is 0. The Labute approximate surface area is 149 Å². The second-order valence-electron chi connectivity index (χ2n) is 5.69. The van der Waals surface area contributed by atoms with E-state index in [1.165, 1.54) is 12.1 Å². The van der Waals surface area contributed by atoms with Gasteiger partial charge in [-0.3, -0.25) is 4.79 Å². The number of amides is 1. The maximum atomic E-state index is 13.0. The zero-order valence-corrected chi connectivity index (χ0v) is 14.0. The molecule has 0 spiro atoms. The Bertz CT molecular complexity index is 726. The molecule has 136 valence electrons. The van der Waals surface area contributed by atoms with Crippen LogP contribution in [0.4, 0.5) is 13.2 Å². The van der Waals surface area contributed by atoms with Crippen molar-refractivity contribution in [3.8, 4) is 5.69 Å². The Morgan fingerprint density at radius 1 is 1.32 bits per heavy atom. The van der Waals surface area contributed by atoms with E-state index in [1.807, 2.05) is 0 Å². The molecule has 1 unspecified atom stereocenters. The lowest BCUT2D eigenvalue weighted by molar-refractivity contribution is -0.142. The van der Waals surface area contributed by atoms with Gasteiger partial charge >= 0.3 is 6.18 Å². The van der Waals surface area contributed by atoms with Crippen LogP contribution in [0.3, 0.4) is 0 Å². The first-order valence-corrected chi connectivity index (χ1v) is 7.68. The first-order valence-electron chi connectivity index (χ1n) is 7.68. The number of rotatable bonds is 3. The van der Waals surface area contributed by atoms with E-state index in [4.69, 9.17) is 0 Å². The Morgan fingerprint density at radius 2 is 2.12 bits per heavy atom. The third-order valence-electron chi connectivity index (χ3n) is 3.92. The molecule has 3 rings (SSSR count). The molecule has 1 aromatic heterocycles. The fourth-order valence-electron chi connectivity index (χ4n) is 2.75. The second-order valence-corrected chi connectivity index (χ2v) is 5.69. The smallest absolute Gasteiger partial charge is 0.348 e. The van der Waals surface area contributed by atoms with Crippen LogP contribution in [0.1, 0.15) is 28.9 Å². The van der Waals surface area contributed by atoms with Crippen molar-refractivity contribution in [2.45, 2.75) is 25.1 Å². The van der Waals surface area contributed by atoms with Gasteiger partial charge in [0.1, 0.15) is 5.69 Å². The van der Waals surface area contributed by atoms with Crippen molar-refractivity contribution in [3.63, 3.8) is 0 Å². The van der Waals surface area contributed by atoms with E-state index in [2.05, 4.69) is 15.7 Å². The predicted molar refractivity (Wildman–Crippen MR) is 89.2 cm³/mol. The number of halogens is 4. The Hall–Kier alpha value is -2.06. The molecule has 1 aliphatic heterocycles. The number of aromatic nitrogens is 2. The molecule has 0 saturated carbocycles. The van der Waals surface area contributed by atoms with Crippen molar-refractivity contribution in [2.75, 3.05) is 13.1 Å². The van der Waals surface area contributed by atoms with Gasteiger partial charge in [0.25, 0.3) is 5.91 Å². The molecule has 9 heteroatoms. The van der Waals surface area contributed by atoms with Crippen LogP contribution in [0.2, 0.25) is 0 Å². The van der Waals surface area contributed by atoms with E-state index >= 15 is 0 Å². The van der Waals surface area contributed by atoms with Crippen LogP contribution in [-0.2, 0) is 6.18 Å². The summed E-state index contributed by atoms with van der Waals surface area (Å²) in [6, 6.07) is 6.96. The summed E-state index contributed by atoms with van der Waals surface area (Å²) in [7, 11) is 0. The van der Waals surface area contributed by atoms with Gasteiger partial charge in [-0.1, -0.05) is 6.07 Å². The molecule has 25 heavy (non-hydrogen) atoms. The van der Waals surface area contributed by atoms with Gasteiger partial charge in [-0.15, -0.1) is 12.4 Å². The fraction of sp³-hybridized carbons (Fsp3) is 0.375. The van der Waals surface area contributed by atoms with E-state index in [0.29, 0.717) is 12.1 Å². The van der Waals surface area contributed by atoms with Gasteiger partial charge in [0.05, 0.1) is 11.9 Å². The molecule has 0 bridgehead atoms. The van der Waals surface area contributed by atoms with E-state index in [1.54, 1.807) is 12.1 Å². The molecule has 2 N–H and O–H groups in total. The van der Waals surface area contributed by atoms with Gasteiger partial charge < -0.3 is 10.6 Å². The Kier molecular flexibility index (Phi) is 6.07. The zero-order chi connectivity index (χ0) is 17.2. The molecule has 0 aliphatic carbocycles. The van der Waals surface area contributed by atoms with Crippen molar-refractivity contribution in [1.29, 1.82) is 0 Å². The number of piperidine rings is 1. The number of nitrogens with one attached hydrogen (secondary N) is 2. The summed E-state index contributed by atoms with van der Waals surface area (Å²) < 4.78 is 39.8. The maximum absolute atomic E-state index is 13.0. The highest BCUT2D eigenvalue weighted by Gasteiger charge is 2.35. The molecule has 1 aliphatic rings. The second kappa shape index (κ2) is 7.88. The van der Waals surface area contributed by atoms with Crippen LogP contribution >= 0.6 is 12.4 Å². The molecule has 1 aromatic carbocycles. The van der Waals surface area contributed by atoms with Gasteiger partial charge in [0.2, 0.25) is 0 Å². The largest absolute Gasteiger partial charge is 0.433 e. The number of benzene rings is 1. The first kappa shape index (κ1) is 19.3. The molecule has 1 atom stereocenters. The van der Waals surface area contributed by atoms with Crippen molar-refractivity contribution in [1.82, 2.24) is 20.4 Å². The first-order chi connectivity index (χ1) is 11.4. The summed E-state index contributed by atoms with van der Waals surface area (Å²) in [6.45, 7) is 1.63. The van der Waals surface area contributed by atoms with Crippen LogP contribution in [0.15, 0.2) is 36.5 Å². The number of carbonyl (C=O) groups is 1. The average Bonchev–Trinajstić information content (AvgIpc) is 3.06. The molecule has 2 heterocycles. The topological polar surface area (TPSA) is 59.0 Å². The summed E-state index contributed by atoms with van der Waals surface area (Å²) in [5, 5.41) is 9.82. The summed E-state index contributed by atoms with van der Waals surface area (Å²) in [5.41, 5.74) is -0.375. The minimum absolute atomic E-state index is 0. The standard InChI is InChI=1S/C16H17F3N4O.ClH/c17-16(18,19)14-6-8-21-23(14)13-5-1-3-11(9-13)15(24)22-12-4-2-7-20-10-12;/h1,3,5-6,8-9,12,20H,2,4,7,10H2,(H,22,24);1H. The number of carbonyl (C=O) groups excluding carboxylic acids is 1. The summed E-state index contributed by atoms with van der Waals surface area (Å²) in [6.07, 6.45) is -1.56. The third-order valence-corrected chi connectivity index (χ3v) is 3.92. The number of hydrogen-bond donors (Lipinski definition) is 2. The van der Waals surface area contributed by atoms with Crippen LogP contribution in [0, 0.1) is 0 Å². The molecule has 1 saturated heterocycles. The predicted octanol–water partition coefficient (Wildman–Crippen LogP) is 2.79. The normalized spacial score (nSPS) is 17.6. The number of nitrogens with zero attached hydrogens (tertiary/aromatic N) is 2. The van der Waals surface area contributed by atoms with Crippen molar-refractivity contribution >= 4 is 18.3 Å². The SMILES string of the molecule is Cl.O=C(NC1CCCNC1)c1cccc(-n2nccc2C(F)(F)F)c1. The lowest BCUT2D eigenvalue weighted by Crippen LogP contribution is -2.45. The zero-order valence-electron chi connectivity index (χ0n) is 13.2. The van der Waals surface area contributed by atoms with Crippen molar-refractivity contribution in [3.05, 3.63) is 47.8 Å². The van der Waals surface area contributed by atoms with Crippen LogP contribution in [0.25, 0.3) is 5.69 Å². The molecule has 1 fully saturated rings. The Balaban J connectivity index is 0.00000225. The Morgan fingerprint density at radius 3 is 2.80 bits per heavy atom. The molecule has 1 amide bonds. The summed E-state index contributed by atoms with van der Waals surface area (Å²) in [5.74, 6) is -0.300. The number of alkyl halides is 3. The monoisotopic (exact) mass is 374 g/mol. The molecule has 5 nitrogen and oxygen atoms in total. The van der Waals surface area contributed by atoms with Gasteiger partial charge in [-0.2, -0.15) is 18.3 Å². The fourth-order valence-corrected chi connectivity index (χ4v) is 2.75. The van der Waals surface area contributed by atoms with E-state index in [-0.39, 0.29) is 30.0 Å². The van der Waals surface area contributed by atoms with Gasteiger partial charge in [0.15, 0.2) is 0 Å². The van der Waals surface area contributed by atoms with Gasteiger partial charge in [0, 0.05) is 18.2 Å². The minimum Gasteiger partial charge on any atom is -0.348 e. The number of hydrogen-bond acceptors (Lipinski definition) is 3. The van der Waals surface area contributed by atoms with E-state index in [0.717, 1.165) is 36.3 Å². The molecular formula is C16H18ClF3N4O. The van der Waals surface area contributed by atoms with Crippen LogP contribution in [-0.4, -0.2) is 34.8 Å². The van der Waals surface area contributed by atoms with Crippen molar-refractivity contribution < 1.29 is 18.0 Å². The minimum atomic E-state index is -4.51. The molecular weight excluding hydrogens is 357 g/mol. The molecule has 0 radical (unpaired) electrons. The van der Waals surface area contributed by atoms with E-state index < -0.39 is 11.9 Å². The summed E-state index contributed by atoms with van der Waals surface area (Å²) in [4.78, 5) is 12.3. The maximum Gasteiger partial charge on any atom is 0.433 e. The highest BCUT2D eigenvalue weighted by atomic mass is 35.5. The lowest BCUT2D eigenvalue weighted by atomic mass is 10.1. The van der Waals surface area contributed by atoms with Crippen LogP contribution in [0.5, 0.6) is 0 Å². The van der Waals surface area contributed by atoms with Gasteiger partial charge in [-0.05, 0) is 43.7 Å². The third kappa shape index (κ3) is 4.52.